The van der Waals surface area contributed by atoms with Crippen molar-refractivity contribution in [3.63, 3.8) is 0 Å². The van der Waals surface area contributed by atoms with Gasteiger partial charge in [0.05, 0.1) is 13.2 Å². The highest BCUT2D eigenvalue weighted by atomic mass is 32.2. The zero-order valence-electron chi connectivity index (χ0n) is 10.0. The van der Waals surface area contributed by atoms with Crippen LogP contribution >= 0.6 is 11.8 Å². The van der Waals surface area contributed by atoms with Gasteiger partial charge < -0.3 is 9.68 Å². The minimum Gasteiger partial charge on any atom is -0.423 e. The molecule has 0 fully saturated rings. The summed E-state index contributed by atoms with van der Waals surface area (Å²) in [5.41, 5.74) is 2.54. The lowest BCUT2D eigenvalue weighted by Gasteiger charge is -2.04. The Morgan fingerprint density at radius 2 is 1.89 bits per heavy atom. The molecule has 0 aliphatic carbocycles. The maximum atomic E-state index is 9.56. The van der Waals surface area contributed by atoms with Crippen LogP contribution in [0.4, 0.5) is 5.69 Å². The van der Waals surface area contributed by atoms with E-state index in [0.29, 0.717) is 12.3 Å². The van der Waals surface area contributed by atoms with Gasteiger partial charge in [0.1, 0.15) is 0 Å². The molecule has 0 bridgehead atoms. The summed E-state index contributed by atoms with van der Waals surface area (Å²) in [5, 5.41) is 9.56. The van der Waals surface area contributed by atoms with Crippen molar-refractivity contribution in [1.29, 1.82) is 0 Å². The second-order valence-electron chi connectivity index (χ2n) is 4.23. The van der Waals surface area contributed by atoms with Crippen LogP contribution < -0.4 is 5.46 Å². The quantitative estimate of drug-likeness (QED) is 0.670. The fourth-order valence-corrected chi connectivity index (χ4v) is 2.88. The highest BCUT2D eigenvalue weighted by Crippen LogP contribution is 2.30. The van der Waals surface area contributed by atoms with Gasteiger partial charge in [-0.15, -0.1) is 0 Å². The summed E-state index contributed by atoms with van der Waals surface area (Å²) in [7, 11) is -0.785. The molecule has 1 heterocycles. The first kappa shape index (κ1) is 12.3. The molecule has 92 valence electrons. The maximum absolute atomic E-state index is 9.56. The van der Waals surface area contributed by atoms with Crippen molar-refractivity contribution in [2.45, 2.75) is 16.4 Å². The Hall–Kier alpha value is -1.74. The molecule has 0 radical (unpaired) electrons. The normalized spacial score (nSPS) is 13.2. The third-order valence-corrected chi connectivity index (χ3v) is 3.98. The number of rotatable bonds is 2. The molecule has 1 aliphatic heterocycles. The summed E-state index contributed by atoms with van der Waals surface area (Å²) in [5.74, 6) is 0. The lowest BCUT2D eigenvalue weighted by molar-refractivity contribution is 0.275. The molecule has 1 N–H and O–H groups in total. The molecule has 5 heteroatoms. The molecule has 0 amide bonds. The molecule has 0 saturated heterocycles. The summed E-state index contributed by atoms with van der Waals surface area (Å²) in [6.07, 6.45) is 0. The smallest absolute Gasteiger partial charge is 0.423 e. The van der Waals surface area contributed by atoms with E-state index in [1.165, 1.54) is 0 Å². The van der Waals surface area contributed by atoms with Crippen molar-refractivity contribution in [1.82, 2.24) is 0 Å². The lowest BCUT2D eigenvalue weighted by Crippen LogP contribution is -2.27. The van der Waals surface area contributed by atoms with Crippen LogP contribution in [0, 0.1) is 6.57 Å². The third kappa shape index (κ3) is 2.52. The third-order valence-electron chi connectivity index (χ3n) is 2.98. The molecule has 0 atom stereocenters. The zero-order chi connectivity index (χ0) is 13.2. The van der Waals surface area contributed by atoms with Crippen LogP contribution in [0.1, 0.15) is 5.56 Å². The largest absolute Gasteiger partial charge is 0.491 e. The Kier molecular flexibility index (Phi) is 3.30. The van der Waals surface area contributed by atoms with Crippen molar-refractivity contribution >= 4 is 30.0 Å². The van der Waals surface area contributed by atoms with Crippen LogP contribution in [0.5, 0.6) is 0 Å². The van der Waals surface area contributed by atoms with Crippen LogP contribution in [0.15, 0.2) is 52.3 Å². The Morgan fingerprint density at radius 3 is 2.63 bits per heavy atom. The Balaban J connectivity index is 1.82. The molecule has 0 saturated carbocycles. The standard InChI is InChI=1S/C14H10BNO2S/c1-16-11-2-4-12(5-3-11)19-13-6-7-14-10(8-13)9-18-15(14)17/h2-8,17H,9H2. The number of benzene rings is 2. The Morgan fingerprint density at radius 1 is 1.16 bits per heavy atom. The van der Waals surface area contributed by atoms with E-state index in [1.54, 1.807) is 11.8 Å². The van der Waals surface area contributed by atoms with E-state index < -0.39 is 7.12 Å². The summed E-state index contributed by atoms with van der Waals surface area (Å²) in [6.45, 7) is 7.38. The SMILES string of the molecule is [C-]#[N+]c1ccc(Sc2ccc3c(c2)COB3O)cc1. The van der Waals surface area contributed by atoms with Crippen LogP contribution in [0.3, 0.4) is 0 Å². The molecule has 0 unspecified atom stereocenters. The van der Waals surface area contributed by atoms with Crippen LogP contribution in [0.25, 0.3) is 4.85 Å². The van der Waals surface area contributed by atoms with Crippen LogP contribution in [-0.2, 0) is 11.3 Å². The predicted octanol–water partition coefficient (Wildman–Crippen LogP) is 2.61. The summed E-state index contributed by atoms with van der Waals surface area (Å²) >= 11 is 1.63. The minimum absolute atomic E-state index is 0.460. The number of hydrogen-bond acceptors (Lipinski definition) is 3. The summed E-state index contributed by atoms with van der Waals surface area (Å²) in [6, 6.07) is 13.4. The number of hydrogen-bond donors (Lipinski definition) is 1. The minimum atomic E-state index is -0.785. The van der Waals surface area contributed by atoms with Crippen molar-refractivity contribution in [3.8, 4) is 0 Å². The number of nitrogens with zero attached hydrogens (tertiary/aromatic N) is 1. The van der Waals surface area contributed by atoms with Gasteiger partial charge in [-0.25, -0.2) is 4.85 Å². The van der Waals surface area contributed by atoms with E-state index in [0.717, 1.165) is 20.8 Å². The van der Waals surface area contributed by atoms with Gasteiger partial charge in [0, 0.05) is 9.79 Å². The second-order valence-corrected chi connectivity index (χ2v) is 5.38. The van der Waals surface area contributed by atoms with Gasteiger partial charge in [0.15, 0.2) is 5.69 Å². The fraction of sp³-hybridized carbons (Fsp3) is 0.0714. The Bertz CT molecular complexity index is 651. The highest BCUT2D eigenvalue weighted by Gasteiger charge is 2.26. The van der Waals surface area contributed by atoms with Gasteiger partial charge in [-0.2, -0.15) is 0 Å². The molecular weight excluding hydrogens is 257 g/mol. The van der Waals surface area contributed by atoms with Gasteiger partial charge in [-0.3, -0.25) is 0 Å². The van der Waals surface area contributed by atoms with E-state index in [2.05, 4.69) is 4.85 Å². The first-order valence-electron chi connectivity index (χ1n) is 5.84. The van der Waals surface area contributed by atoms with E-state index in [1.807, 2.05) is 42.5 Å². The molecule has 2 aromatic rings. The molecule has 3 nitrogen and oxygen atoms in total. The van der Waals surface area contributed by atoms with Crippen molar-refractivity contribution in [3.05, 3.63) is 59.4 Å². The molecule has 0 aromatic heterocycles. The van der Waals surface area contributed by atoms with Gasteiger partial charge in [0.25, 0.3) is 0 Å². The molecule has 3 rings (SSSR count). The molecular formula is C14H10BNO2S. The monoisotopic (exact) mass is 267 g/mol. The maximum Gasteiger partial charge on any atom is 0.491 e. The van der Waals surface area contributed by atoms with E-state index in [9.17, 15) is 5.02 Å². The molecule has 1 aliphatic rings. The van der Waals surface area contributed by atoms with E-state index >= 15 is 0 Å². The van der Waals surface area contributed by atoms with Crippen molar-refractivity contribution in [2.75, 3.05) is 0 Å². The molecule has 2 aromatic carbocycles. The highest BCUT2D eigenvalue weighted by molar-refractivity contribution is 7.99. The van der Waals surface area contributed by atoms with Crippen molar-refractivity contribution < 1.29 is 9.68 Å². The van der Waals surface area contributed by atoms with Crippen LogP contribution in [-0.4, -0.2) is 12.1 Å². The summed E-state index contributed by atoms with van der Waals surface area (Å²) < 4.78 is 5.17. The molecule has 19 heavy (non-hydrogen) atoms. The average Bonchev–Trinajstić information content (AvgIpc) is 2.81. The zero-order valence-corrected chi connectivity index (χ0v) is 10.9. The van der Waals surface area contributed by atoms with Gasteiger partial charge in [0.2, 0.25) is 0 Å². The Labute approximate surface area is 116 Å². The first-order valence-corrected chi connectivity index (χ1v) is 6.66. The topological polar surface area (TPSA) is 33.8 Å². The van der Waals surface area contributed by atoms with E-state index in [4.69, 9.17) is 11.2 Å². The van der Waals surface area contributed by atoms with E-state index in [-0.39, 0.29) is 0 Å². The first-order chi connectivity index (χ1) is 9.26. The fourth-order valence-electron chi connectivity index (χ4n) is 1.99. The second kappa shape index (κ2) is 5.10. The average molecular weight is 267 g/mol. The molecule has 0 spiro atoms. The number of fused-ring (bicyclic) bond motifs is 1. The van der Waals surface area contributed by atoms with Gasteiger partial charge >= 0.3 is 7.12 Å². The predicted molar refractivity (Wildman–Crippen MR) is 75.7 cm³/mol. The lowest BCUT2D eigenvalue weighted by atomic mass is 9.80. The summed E-state index contributed by atoms with van der Waals surface area (Å²) in [4.78, 5) is 5.56. The van der Waals surface area contributed by atoms with Crippen LogP contribution in [0.2, 0.25) is 0 Å². The van der Waals surface area contributed by atoms with Gasteiger partial charge in [-0.05, 0) is 23.2 Å². The van der Waals surface area contributed by atoms with Gasteiger partial charge in [-0.1, -0.05) is 42.1 Å². The van der Waals surface area contributed by atoms with Crippen molar-refractivity contribution in [2.24, 2.45) is 0 Å².